The molecule has 0 fully saturated rings. The first-order valence-corrected chi connectivity index (χ1v) is 8.92. The van der Waals surface area contributed by atoms with E-state index in [0.29, 0.717) is 0 Å². The predicted octanol–water partition coefficient (Wildman–Crippen LogP) is 4.23. The number of rotatable bonds is 7. The number of hydrogen-bond acceptors (Lipinski definition) is 4. The molecule has 0 radical (unpaired) electrons. The van der Waals surface area contributed by atoms with E-state index in [4.69, 9.17) is 0 Å². The van der Waals surface area contributed by atoms with Gasteiger partial charge in [0.05, 0.1) is 6.42 Å². The molecule has 0 amide bonds. The largest absolute Gasteiger partial charge is 0.457 e. The SMILES string of the molecule is Cc1cc(C(=O)COC(=O)C[C@](O)(c2ccccc2)C(F)(F)F)c(C)n1CC(F)(F)F. The van der Waals surface area contributed by atoms with Gasteiger partial charge >= 0.3 is 18.3 Å². The molecule has 0 unspecified atom stereocenters. The maximum atomic E-state index is 13.4. The summed E-state index contributed by atoms with van der Waals surface area (Å²) in [7, 11) is 0. The maximum absolute atomic E-state index is 13.4. The molecule has 170 valence electrons. The van der Waals surface area contributed by atoms with Crippen molar-refractivity contribution < 1.29 is 45.8 Å². The summed E-state index contributed by atoms with van der Waals surface area (Å²) < 4.78 is 83.7. The molecule has 0 bridgehead atoms. The van der Waals surface area contributed by atoms with Crippen molar-refractivity contribution in [2.24, 2.45) is 0 Å². The minimum absolute atomic E-state index is 0.0213. The summed E-state index contributed by atoms with van der Waals surface area (Å²) in [5.74, 6) is -2.38. The fourth-order valence-electron chi connectivity index (χ4n) is 3.07. The number of aromatic nitrogens is 1. The van der Waals surface area contributed by atoms with Gasteiger partial charge in [0, 0.05) is 17.0 Å². The fourth-order valence-corrected chi connectivity index (χ4v) is 3.07. The average molecular weight is 451 g/mol. The fraction of sp³-hybridized carbons (Fsp3) is 0.400. The molecule has 1 atom stereocenters. The highest BCUT2D eigenvalue weighted by Crippen LogP contribution is 2.41. The highest BCUT2D eigenvalue weighted by atomic mass is 19.4. The number of aliphatic hydroxyl groups is 1. The van der Waals surface area contributed by atoms with Crippen LogP contribution in [0.1, 0.15) is 33.7 Å². The maximum Gasteiger partial charge on any atom is 0.422 e. The van der Waals surface area contributed by atoms with E-state index < -0.39 is 54.8 Å². The lowest BCUT2D eigenvalue weighted by molar-refractivity contribution is -0.269. The summed E-state index contributed by atoms with van der Waals surface area (Å²) in [6.45, 7) is 0.307. The lowest BCUT2D eigenvalue weighted by Gasteiger charge is -2.30. The smallest absolute Gasteiger partial charge is 0.422 e. The molecule has 0 aliphatic heterocycles. The Morgan fingerprint density at radius 2 is 1.61 bits per heavy atom. The Kier molecular flexibility index (Phi) is 6.89. The van der Waals surface area contributed by atoms with Crippen LogP contribution in [0.4, 0.5) is 26.3 Å². The second-order valence-corrected chi connectivity index (χ2v) is 6.97. The average Bonchev–Trinajstić information content (AvgIpc) is 2.93. The van der Waals surface area contributed by atoms with Crippen molar-refractivity contribution in [2.75, 3.05) is 6.61 Å². The van der Waals surface area contributed by atoms with E-state index in [2.05, 4.69) is 4.74 Å². The van der Waals surface area contributed by atoms with Gasteiger partial charge in [0.1, 0.15) is 6.54 Å². The lowest BCUT2D eigenvalue weighted by Crippen LogP contribution is -2.44. The molecule has 31 heavy (non-hydrogen) atoms. The number of ketones is 1. The molecular formula is C20H19F6NO4. The number of hydrogen-bond donors (Lipinski definition) is 1. The van der Waals surface area contributed by atoms with E-state index in [0.717, 1.165) is 16.7 Å². The number of carbonyl (C=O) groups excluding carboxylic acids is 2. The highest BCUT2D eigenvalue weighted by molar-refractivity contribution is 5.99. The molecule has 1 aromatic heterocycles. The van der Waals surface area contributed by atoms with E-state index in [1.165, 1.54) is 38.1 Å². The highest BCUT2D eigenvalue weighted by Gasteiger charge is 2.56. The van der Waals surface area contributed by atoms with Crippen LogP contribution < -0.4 is 0 Å². The molecule has 1 N–H and O–H groups in total. The number of halogens is 6. The summed E-state index contributed by atoms with van der Waals surface area (Å²) in [4.78, 5) is 24.2. The van der Waals surface area contributed by atoms with Crippen molar-refractivity contribution in [3.8, 4) is 0 Å². The van der Waals surface area contributed by atoms with E-state index in [-0.39, 0.29) is 17.0 Å². The number of Topliss-reactive ketones (excluding diaryl/α,β-unsaturated/α-hetero) is 1. The van der Waals surface area contributed by atoms with Gasteiger partial charge in [-0.25, -0.2) is 0 Å². The molecule has 0 aliphatic rings. The molecule has 0 saturated carbocycles. The van der Waals surface area contributed by atoms with Gasteiger partial charge in [-0.2, -0.15) is 26.3 Å². The quantitative estimate of drug-likeness (QED) is 0.389. The van der Waals surface area contributed by atoms with Crippen LogP contribution in [-0.2, 0) is 21.7 Å². The van der Waals surface area contributed by atoms with Crippen molar-refractivity contribution in [1.29, 1.82) is 0 Å². The Balaban J connectivity index is 2.12. The van der Waals surface area contributed by atoms with Crippen molar-refractivity contribution in [1.82, 2.24) is 4.57 Å². The molecule has 2 rings (SSSR count). The van der Waals surface area contributed by atoms with Crippen LogP contribution >= 0.6 is 0 Å². The predicted molar refractivity (Wildman–Crippen MR) is 96.3 cm³/mol. The molecular weight excluding hydrogens is 432 g/mol. The second-order valence-electron chi connectivity index (χ2n) is 6.97. The van der Waals surface area contributed by atoms with Gasteiger partial charge in [0.25, 0.3) is 0 Å². The van der Waals surface area contributed by atoms with Gasteiger partial charge in [0.2, 0.25) is 5.78 Å². The zero-order valence-corrected chi connectivity index (χ0v) is 16.5. The van der Waals surface area contributed by atoms with E-state index in [9.17, 15) is 41.0 Å². The van der Waals surface area contributed by atoms with E-state index >= 15 is 0 Å². The zero-order chi connectivity index (χ0) is 23.6. The van der Waals surface area contributed by atoms with Crippen LogP contribution in [0.3, 0.4) is 0 Å². The van der Waals surface area contributed by atoms with Gasteiger partial charge in [-0.15, -0.1) is 0 Å². The van der Waals surface area contributed by atoms with Crippen LogP contribution in [-0.4, -0.2) is 40.4 Å². The second kappa shape index (κ2) is 8.74. The molecule has 2 aromatic rings. The van der Waals surface area contributed by atoms with Crippen molar-refractivity contribution in [3.05, 3.63) is 58.9 Å². The van der Waals surface area contributed by atoms with Gasteiger partial charge < -0.3 is 14.4 Å². The molecule has 1 aromatic carbocycles. The Morgan fingerprint density at radius 1 is 1.03 bits per heavy atom. The third kappa shape index (κ3) is 5.66. The Morgan fingerprint density at radius 3 is 2.13 bits per heavy atom. The summed E-state index contributed by atoms with van der Waals surface area (Å²) in [6, 6.07) is 7.07. The molecule has 0 aliphatic carbocycles. The number of benzene rings is 1. The minimum atomic E-state index is -5.21. The molecule has 0 saturated heterocycles. The number of nitrogens with zero attached hydrogens (tertiary/aromatic N) is 1. The number of ether oxygens (including phenoxy) is 1. The number of carbonyl (C=O) groups is 2. The third-order valence-electron chi connectivity index (χ3n) is 4.70. The van der Waals surface area contributed by atoms with Gasteiger partial charge in [-0.05, 0) is 25.5 Å². The van der Waals surface area contributed by atoms with Crippen LogP contribution in [0.2, 0.25) is 0 Å². The number of alkyl halides is 6. The summed E-state index contributed by atoms with van der Waals surface area (Å²) in [5, 5.41) is 10.1. The van der Waals surface area contributed by atoms with Crippen LogP contribution in [0.5, 0.6) is 0 Å². The number of aryl methyl sites for hydroxylation is 1. The zero-order valence-electron chi connectivity index (χ0n) is 16.5. The molecule has 1 heterocycles. The van der Waals surface area contributed by atoms with Gasteiger partial charge in [-0.3, -0.25) is 9.59 Å². The Labute approximate surface area is 173 Å². The standard InChI is InChI=1S/C20H19F6NO4/c1-12-8-15(13(2)27(12)11-19(21,22)23)16(28)10-31-17(29)9-18(30,20(24,25)26)14-6-4-3-5-7-14/h3-8,30H,9-11H2,1-2H3/t18-/m0/s1. The molecule has 11 heteroatoms. The van der Waals surface area contributed by atoms with E-state index in [1.54, 1.807) is 0 Å². The third-order valence-corrected chi connectivity index (χ3v) is 4.70. The lowest BCUT2D eigenvalue weighted by atomic mass is 9.90. The first-order valence-electron chi connectivity index (χ1n) is 8.92. The van der Waals surface area contributed by atoms with Crippen molar-refractivity contribution in [2.45, 2.75) is 44.8 Å². The first kappa shape index (κ1) is 24.4. The minimum Gasteiger partial charge on any atom is -0.457 e. The normalized spacial score (nSPS) is 14.2. The van der Waals surface area contributed by atoms with Crippen LogP contribution in [0, 0.1) is 13.8 Å². The van der Waals surface area contributed by atoms with E-state index in [1.807, 2.05) is 0 Å². The van der Waals surface area contributed by atoms with Crippen LogP contribution in [0.15, 0.2) is 36.4 Å². The van der Waals surface area contributed by atoms with Crippen molar-refractivity contribution >= 4 is 11.8 Å². The first-order chi connectivity index (χ1) is 14.2. The number of esters is 1. The summed E-state index contributed by atoms with van der Waals surface area (Å²) >= 11 is 0. The monoisotopic (exact) mass is 451 g/mol. The van der Waals surface area contributed by atoms with Gasteiger partial charge in [0.15, 0.2) is 12.2 Å². The van der Waals surface area contributed by atoms with Crippen molar-refractivity contribution in [3.63, 3.8) is 0 Å². The van der Waals surface area contributed by atoms with Crippen LogP contribution in [0.25, 0.3) is 0 Å². The van der Waals surface area contributed by atoms with Gasteiger partial charge in [-0.1, -0.05) is 30.3 Å². The summed E-state index contributed by atoms with van der Waals surface area (Å²) in [5.41, 5.74) is -4.14. The topological polar surface area (TPSA) is 68.5 Å². The summed E-state index contributed by atoms with van der Waals surface area (Å²) in [6.07, 6.45) is -11.2. The Bertz CT molecular complexity index is 949. The molecule has 0 spiro atoms. The Hall–Kier alpha value is -2.82. The molecule has 5 nitrogen and oxygen atoms in total.